The molecular weight excluding hydrogens is 324 g/mol. The molecule has 1 fully saturated rings. The number of rotatable bonds is 4. The number of hydrogen-bond acceptors (Lipinski definition) is 5. The molecule has 1 aliphatic rings. The summed E-state index contributed by atoms with van der Waals surface area (Å²) in [4.78, 5) is 37.3. The first kappa shape index (κ1) is 18.8. The molecule has 0 saturated carbocycles. The Morgan fingerprint density at radius 3 is 2.60 bits per heavy atom. The molecule has 1 N–H and O–H groups in total. The van der Waals surface area contributed by atoms with Crippen LogP contribution >= 0.6 is 0 Å². The van der Waals surface area contributed by atoms with Gasteiger partial charge in [-0.05, 0) is 32.4 Å². The van der Waals surface area contributed by atoms with E-state index in [-0.39, 0.29) is 18.3 Å². The van der Waals surface area contributed by atoms with Crippen LogP contribution in [0.25, 0.3) is 0 Å². The zero-order chi connectivity index (χ0) is 18.6. The van der Waals surface area contributed by atoms with Crippen LogP contribution in [0.5, 0.6) is 0 Å². The van der Waals surface area contributed by atoms with E-state index in [9.17, 15) is 14.4 Å². The van der Waals surface area contributed by atoms with Crippen LogP contribution in [0.1, 0.15) is 32.8 Å². The number of carbonyl (C=O) groups is 3. The van der Waals surface area contributed by atoms with Gasteiger partial charge in [0.05, 0.1) is 13.0 Å². The zero-order valence-electron chi connectivity index (χ0n) is 15.0. The Morgan fingerprint density at radius 2 is 1.96 bits per heavy atom. The SMILES string of the molecule is COC(=O)C1CC(=O)N(Cc2ccccc2NC(=O)OC(C)(C)C)C1. The lowest BCUT2D eigenvalue weighted by atomic mass is 10.1. The molecule has 1 saturated heterocycles. The van der Waals surface area contributed by atoms with Gasteiger partial charge in [-0.3, -0.25) is 14.9 Å². The Morgan fingerprint density at radius 1 is 1.28 bits per heavy atom. The summed E-state index contributed by atoms with van der Waals surface area (Å²) in [5, 5.41) is 2.71. The summed E-state index contributed by atoms with van der Waals surface area (Å²) in [5.74, 6) is -0.929. The van der Waals surface area contributed by atoms with Crippen molar-refractivity contribution in [2.75, 3.05) is 19.0 Å². The van der Waals surface area contributed by atoms with Crippen LogP contribution in [-0.2, 0) is 25.6 Å². The molecule has 7 heteroatoms. The Labute approximate surface area is 147 Å². The summed E-state index contributed by atoms with van der Waals surface area (Å²) in [6, 6.07) is 7.19. The number of esters is 1. The first-order chi connectivity index (χ1) is 11.7. The van der Waals surface area contributed by atoms with E-state index in [0.717, 1.165) is 5.56 Å². The quantitative estimate of drug-likeness (QED) is 0.845. The smallest absolute Gasteiger partial charge is 0.412 e. The van der Waals surface area contributed by atoms with Crippen LogP contribution < -0.4 is 5.32 Å². The molecule has 0 aliphatic carbocycles. The van der Waals surface area contributed by atoms with Gasteiger partial charge in [0.2, 0.25) is 5.91 Å². The van der Waals surface area contributed by atoms with Gasteiger partial charge in [0.15, 0.2) is 0 Å². The molecule has 7 nitrogen and oxygen atoms in total. The van der Waals surface area contributed by atoms with Crippen LogP contribution in [0.2, 0.25) is 0 Å². The van der Waals surface area contributed by atoms with Crippen LogP contribution in [0.3, 0.4) is 0 Å². The van der Waals surface area contributed by atoms with E-state index >= 15 is 0 Å². The Kier molecular flexibility index (Phi) is 5.66. The second-order valence-corrected chi connectivity index (χ2v) is 6.98. The second kappa shape index (κ2) is 7.55. The van der Waals surface area contributed by atoms with Crippen molar-refractivity contribution in [3.63, 3.8) is 0 Å². The van der Waals surface area contributed by atoms with E-state index in [1.54, 1.807) is 37.8 Å². The lowest BCUT2D eigenvalue weighted by Gasteiger charge is -2.22. The second-order valence-electron chi connectivity index (χ2n) is 6.98. The van der Waals surface area contributed by atoms with Gasteiger partial charge >= 0.3 is 12.1 Å². The lowest BCUT2D eigenvalue weighted by Crippen LogP contribution is -2.29. The molecule has 0 radical (unpaired) electrons. The highest BCUT2D eigenvalue weighted by molar-refractivity contribution is 5.88. The minimum atomic E-state index is -0.600. The number of nitrogens with zero attached hydrogens (tertiary/aromatic N) is 1. The third-order valence-electron chi connectivity index (χ3n) is 3.76. The number of likely N-dealkylation sites (tertiary alicyclic amines) is 1. The standard InChI is InChI=1S/C18H24N2O5/c1-18(2,3)25-17(23)19-14-8-6-5-7-12(14)10-20-11-13(9-15(20)21)16(22)24-4/h5-8,13H,9-11H2,1-4H3,(H,19,23). The van der Waals surface area contributed by atoms with Crippen molar-refractivity contribution in [3.8, 4) is 0 Å². The van der Waals surface area contributed by atoms with Gasteiger partial charge in [0.1, 0.15) is 5.60 Å². The third-order valence-corrected chi connectivity index (χ3v) is 3.76. The van der Waals surface area contributed by atoms with Gasteiger partial charge in [-0.15, -0.1) is 0 Å². The fourth-order valence-electron chi connectivity index (χ4n) is 2.65. The van der Waals surface area contributed by atoms with Crippen LogP contribution in [0, 0.1) is 5.92 Å². The highest BCUT2D eigenvalue weighted by Gasteiger charge is 2.35. The number of carbonyl (C=O) groups excluding carboxylic acids is 3. The Balaban J connectivity index is 2.07. The van der Waals surface area contributed by atoms with Crippen molar-refractivity contribution in [1.82, 2.24) is 4.90 Å². The van der Waals surface area contributed by atoms with Crippen molar-refractivity contribution in [2.24, 2.45) is 5.92 Å². The molecule has 1 aromatic rings. The van der Waals surface area contributed by atoms with Crippen molar-refractivity contribution in [1.29, 1.82) is 0 Å². The fraction of sp³-hybridized carbons (Fsp3) is 0.500. The summed E-state index contributed by atoms with van der Waals surface area (Å²) in [6.07, 6.45) is -0.408. The topological polar surface area (TPSA) is 84.9 Å². The first-order valence-electron chi connectivity index (χ1n) is 8.13. The number of nitrogens with one attached hydrogen (secondary N) is 1. The maximum atomic E-state index is 12.1. The number of ether oxygens (including phenoxy) is 2. The van der Waals surface area contributed by atoms with Crippen molar-refractivity contribution in [2.45, 2.75) is 39.3 Å². The maximum Gasteiger partial charge on any atom is 0.412 e. The first-order valence-corrected chi connectivity index (χ1v) is 8.13. The largest absolute Gasteiger partial charge is 0.469 e. The van der Waals surface area contributed by atoms with Gasteiger partial charge in [-0.2, -0.15) is 0 Å². The number of hydrogen-bond donors (Lipinski definition) is 1. The predicted molar refractivity (Wildman–Crippen MR) is 91.8 cm³/mol. The highest BCUT2D eigenvalue weighted by Crippen LogP contribution is 2.24. The summed E-state index contributed by atoms with van der Waals surface area (Å²) in [5.41, 5.74) is 0.746. The molecule has 1 heterocycles. The normalized spacial score (nSPS) is 17.4. The number of anilines is 1. The summed E-state index contributed by atoms with van der Waals surface area (Å²) in [7, 11) is 1.32. The molecule has 2 amide bonds. The zero-order valence-corrected chi connectivity index (χ0v) is 15.0. The molecular formula is C18H24N2O5. The van der Waals surface area contributed by atoms with Gasteiger partial charge in [-0.1, -0.05) is 18.2 Å². The average molecular weight is 348 g/mol. The number of para-hydroxylation sites is 1. The van der Waals surface area contributed by atoms with E-state index < -0.39 is 17.6 Å². The minimum absolute atomic E-state index is 0.109. The number of methoxy groups -OCH3 is 1. The fourth-order valence-corrected chi connectivity index (χ4v) is 2.65. The summed E-state index contributed by atoms with van der Waals surface area (Å²) in [6.45, 7) is 5.97. The molecule has 1 unspecified atom stereocenters. The Bertz CT molecular complexity index is 666. The van der Waals surface area contributed by atoms with E-state index in [1.165, 1.54) is 7.11 Å². The molecule has 1 aliphatic heterocycles. The summed E-state index contributed by atoms with van der Waals surface area (Å²) >= 11 is 0. The molecule has 0 aromatic heterocycles. The minimum Gasteiger partial charge on any atom is -0.469 e. The predicted octanol–water partition coefficient (Wildman–Crippen LogP) is 2.56. The number of amides is 2. The van der Waals surface area contributed by atoms with Crippen molar-refractivity contribution < 1.29 is 23.9 Å². The van der Waals surface area contributed by atoms with E-state index in [2.05, 4.69) is 5.32 Å². The Hall–Kier alpha value is -2.57. The van der Waals surface area contributed by atoms with Gasteiger partial charge in [0.25, 0.3) is 0 Å². The van der Waals surface area contributed by atoms with E-state index in [4.69, 9.17) is 9.47 Å². The van der Waals surface area contributed by atoms with Gasteiger partial charge in [-0.25, -0.2) is 4.79 Å². The summed E-state index contributed by atoms with van der Waals surface area (Å²) < 4.78 is 9.97. The molecule has 2 rings (SSSR count). The van der Waals surface area contributed by atoms with E-state index in [0.29, 0.717) is 18.8 Å². The molecule has 136 valence electrons. The average Bonchev–Trinajstić information content (AvgIpc) is 2.87. The lowest BCUT2D eigenvalue weighted by molar-refractivity contribution is -0.145. The van der Waals surface area contributed by atoms with E-state index in [1.807, 2.05) is 12.1 Å². The third kappa shape index (κ3) is 5.20. The van der Waals surface area contributed by atoms with Crippen molar-refractivity contribution >= 4 is 23.7 Å². The molecule has 1 atom stereocenters. The number of benzene rings is 1. The maximum absolute atomic E-state index is 12.1. The molecule has 25 heavy (non-hydrogen) atoms. The van der Waals surface area contributed by atoms with Gasteiger partial charge < -0.3 is 14.4 Å². The highest BCUT2D eigenvalue weighted by atomic mass is 16.6. The molecule has 0 bridgehead atoms. The van der Waals surface area contributed by atoms with Crippen LogP contribution in [0.4, 0.5) is 10.5 Å². The monoisotopic (exact) mass is 348 g/mol. The van der Waals surface area contributed by atoms with Crippen LogP contribution in [-0.4, -0.2) is 42.1 Å². The van der Waals surface area contributed by atoms with Crippen molar-refractivity contribution in [3.05, 3.63) is 29.8 Å². The van der Waals surface area contributed by atoms with Crippen LogP contribution in [0.15, 0.2) is 24.3 Å². The molecule has 0 spiro atoms. The van der Waals surface area contributed by atoms with Gasteiger partial charge in [0, 0.05) is 25.2 Å². The molecule has 1 aromatic carbocycles.